The Bertz CT molecular complexity index is 901. The van der Waals surface area contributed by atoms with E-state index in [0.29, 0.717) is 17.5 Å². The molecule has 5 atom stereocenters. The third kappa shape index (κ3) is 3.48. The number of carbonyl (C=O) groups excluding carboxylic acids is 1. The molecule has 0 amide bonds. The Morgan fingerprint density at radius 1 is 1.13 bits per heavy atom. The fourth-order valence-electron chi connectivity index (χ4n) is 5.80. The van der Waals surface area contributed by atoms with Crippen molar-refractivity contribution in [3.8, 4) is 0 Å². The smallest absolute Gasteiger partial charge is 0.226 e. The predicted molar refractivity (Wildman–Crippen MR) is 115 cm³/mol. The second-order valence-electron chi connectivity index (χ2n) is 8.48. The molecular formula is C23H25BrN2O4. The highest BCUT2D eigenvalue weighted by Gasteiger charge is 2.68. The number of rotatable bonds is 5. The second kappa shape index (κ2) is 8.55. The summed E-state index contributed by atoms with van der Waals surface area (Å²) >= 11 is 3.40. The third-order valence-corrected chi connectivity index (χ3v) is 7.55. The Balaban J connectivity index is 1.92. The van der Waals surface area contributed by atoms with Crippen LogP contribution in [0.3, 0.4) is 0 Å². The zero-order valence-electron chi connectivity index (χ0n) is 16.6. The van der Waals surface area contributed by atoms with Gasteiger partial charge in [0, 0.05) is 15.6 Å². The zero-order valence-corrected chi connectivity index (χ0v) is 18.1. The van der Waals surface area contributed by atoms with Gasteiger partial charge in [0.25, 0.3) is 0 Å². The molecule has 2 saturated carbocycles. The summed E-state index contributed by atoms with van der Waals surface area (Å²) < 4.78 is 0.855. The van der Waals surface area contributed by atoms with Crippen LogP contribution in [0.1, 0.15) is 49.3 Å². The molecule has 1 heterocycles. The van der Waals surface area contributed by atoms with E-state index in [4.69, 9.17) is 0 Å². The van der Waals surface area contributed by atoms with Crippen molar-refractivity contribution in [3.63, 3.8) is 0 Å². The highest BCUT2D eigenvalue weighted by Crippen LogP contribution is 2.58. The van der Waals surface area contributed by atoms with Gasteiger partial charge in [-0.05, 0) is 48.6 Å². The van der Waals surface area contributed by atoms with Crippen LogP contribution in [0.15, 0.2) is 53.1 Å². The highest BCUT2D eigenvalue weighted by molar-refractivity contribution is 9.10. The van der Waals surface area contributed by atoms with Gasteiger partial charge in [-0.2, -0.15) is 0 Å². The topological polar surface area (TPSA) is 93.3 Å². The summed E-state index contributed by atoms with van der Waals surface area (Å²) in [5.41, 5.74) is -0.630. The van der Waals surface area contributed by atoms with Crippen LogP contribution >= 0.6 is 15.9 Å². The van der Waals surface area contributed by atoms with Crippen molar-refractivity contribution < 1.29 is 14.8 Å². The molecule has 0 aliphatic heterocycles. The van der Waals surface area contributed by atoms with E-state index in [2.05, 4.69) is 20.9 Å². The van der Waals surface area contributed by atoms with Crippen LogP contribution in [-0.4, -0.2) is 27.3 Å². The highest BCUT2D eigenvalue weighted by atomic mass is 79.9. The monoisotopic (exact) mass is 472 g/mol. The lowest BCUT2D eigenvalue weighted by atomic mass is 9.69. The van der Waals surface area contributed by atoms with Crippen molar-refractivity contribution in [3.05, 3.63) is 74.5 Å². The van der Waals surface area contributed by atoms with E-state index in [9.17, 15) is 20.0 Å². The number of pyridine rings is 1. The van der Waals surface area contributed by atoms with Gasteiger partial charge in [0.15, 0.2) is 0 Å². The Morgan fingerprint density at radius 3 is 2.40 bits per heavy atom. The first-order valence-corrected chi connectivity index (χ1v) is 11.3. The van der Waals surface area contributed by atoms with E-state index in [0.717, 1.165) is 36.6 Å². The van der Waals surface area contributed by atoms with Gasteiger partial charge in [-0.3, -0.25) is 15.1 Å². The van der Waals surface area contributed by atoms with Gasteiger partial charge in [-0.25, -0.2) is 0 Å². The fourth-order valence-corrected chi connectivity index (χ4v) is 6.07. The maximum absolute atomic E-state index is 12.4. The lowest BCUT2D eigenvalue weighted by molar-refractivity contribution is -0.536. The van der Waals surface area contributed by atoms with E-state index in [1.54, 1.807) is 24.4 Å². The number of halogens is 1. The van der Waals surface area contributed by atoms with Gasteiger partial charge < -0.3 is 9.90 Å². The van der Waals surface area contributed by atoms with Crippen LogP contribution < -0.4 is 0 Å². The van der Waals surface area contributed by atoms with Crippen molar-refractivity contribution in [1.82, 2.24) is 4.98 Å². The maximum Gasteiger partial charge on any atom is 0.226 e. The molecule has 1 aromatic heterocycles. The Kier molecular flexibility index (Phi) is 6.02. The van der Waals surface area contributed by atoms with Gasteiger partial charge >= 0.3 is 0 Å². The first-order chi connectivity index (χ1) is 14.5. The molecule has 4 rings (SSSR count). The van der Waals surface area contributed by atoms with Crippen molar-refractivity contribution in [2.45, 2.75) is 49.7 Å². The minimum absolute atomic E-state index is 0.0240. The average molecular weight is 473 g/mol. The van der Waals surface area contributed by atoms with Crippen LogP contribution in [0.25, 0.3) is 0 Å². The fraction of sp³-hybridized carbons (Fsp3) is 0.478. The summed E-state index contributed by atoms with van der Waals surface area (Å²) in [4.78, 5) is 29.0. The number of aldehydes is 1. The number of nitro groups is 1. The van der Waals surface area contributed by atoms with Crippen molar-refractivity contribution in [1.29, 1.82) is 0 Å². The van der Waals surface area contributed by atoms with Gasteiger partial charge in [0.1, 0.15) is 11.9 Å². The van der Waals surface area contributed by atoms with Crippen LogP contribution in [0.4, 0.5) is 0 Å². The van der Waals surface area contributed by atoms with Crippen molar-refractivity contribution >= 4 is 22.2 Å². The molecule has 0 bridgehead atoms. The molecule has 0 saturated heterocycles. The summed E-state index contributed by atoms with van der Waals surface area (Å²) in [6, 6.07) is 11.4. The summed E-state index contributed by atoms with van der Waals surface area (Å²) in [6.45, 7) is 0. The van der Waals surface area contributed by atoms with Crippen LogP contribution in [0.2, 0.25) is 0 Å². The number of benzene rings is 1. The lowest BCUT2D eigenvalue weighted by Crippen LogP contribution is -2.46. The van der Waals surface area contributed by atoms with E-state index >= 15 is 0 Å². The first-order valence-electron chi connectivity index (χ1n) is 10.5. The quantitative estimate of drug-likeness (QED) is 0.393. The zero-order chi connectivity index (χ0) is 21.3. The number of aliphatic hydroxyl groups is 1. The number of hydrogen-bond donors (Lipinski definition) is 1. The summed E-state index contributed by atoms with van der Waals surface area (Å²) in [5, 5.41) is 24.6. The van der Waals surface area contributed by atoms with Crippen molar-refractivity contribution in [2.75, 3.05) is 0 Å². The van der Waals surface area contributed by atoms with Gasteiger partial charge in [-0.15, -0.1) is 0 Å². The Labute approximate surface area is 184 Å². The normalized spacial score (nSPS) is 32.1. The molecular weight excluding hydrogens is 448 g/mol. The predicted octanol–water partition coefficient (Wildman–Crippen LogP) is 4.49. The molecule has 1 N–H and O–H groups in total. The average Bonchev–Trinajstić information content (AvgIpc) is 3.05. The summed E-state index contributed by atoms with van der Waals surface area (Å²) in [7, 11) is 0. The summed E-state index contributed by atoms with van der Waals surface area (Å²) in [5.74, 6) is -2.36. The Morgan fingerprint density at radius 2 is 1.83 bits per heavy atom. The van der Waals surface area contributed by atoms with Gasteiger partial charge in [0.05, 0.1) is 23.4 Å². The van der Waals surface area contributed by atoms with E-state index < -0.39 is 29.4 Å². The molecule has 0 unspecified atom stereocenters. The lowest BCUT2D eigenvalue weighted by Gasteiger charge is -2.38. The molecule has 6 nitrogen and oxygen atoms in total. The first kappa shape index (κ1) is 21.1. The van der Waals surface area contributed by atoms with E-state index in [-0.39, 0.29) is 10.8 Å². The molecule has 2 aliphatic rings. The molecule has 7 heteroatoms. The summed E-state index contributed by atoms with van der Waals surface area (Å²) in [6.07, 6.45) is 6.99. The van der Waals surface area contributed by atoms with Crippen LogP contribution in [0, 0.1) is 27.9 Å². The molecule has 30 heavy (non-hydrogen) atoms. The molecule has 1 aromatic carbocycles. The van der Waals surface area contributed by atoms with Crippen molar-refractivity contribution in [2.24, 2.45) is 17.8 Å². The molecule has 2 aromatic rings. The Hall–Kier alpha value is -2.12. The molecule has 158 valence electrons. The minimum atomic E-state index is -1.68. The second-order valence-corrected chi connectivity index (χ2v) is 9.40. The van der Waals surface area contributed by atoms with E-state index in [1.165, 1.54) is 0 Å². The number of carbonyl (C=O) groups is 1. The third-order valence-electron chi connectivity index (χ3n) is 7.02. The molecule has 2 aliphatic carbocycles. The minimum Gasteiger partial charge on any atom is -0.382 e. The van der Waals surface area contributed by atoms with Crippen LogP contribution in [0.5, 0.6) is 0 Å². The number of aromatic nitrogens is 1. The molecule has 2 fully saturated rings. The van der Waals surface area contributed by atoms with Crippen LogP contribution in [-0.2, 0) is 10.4 Å². The number of nitrogens with zero attached hydrogens (tertiary/aromatic N) is 2. The van der Waals surface area contributed by atoms with Gasteiger partial charge in [-0.1, -0.05) is 53.4 Å². The largest absolute Gasteiger partial charge is 0.382 e. The van der Waals surface area contributed by atoms with Gasteiger partial charge in [0.2, 0.25) is 6.04 Å². The van der Waals surface area contributed by atoms with E-state index in [1.807, 2.05) is 24.3 Å². The standard InChI is InChI=1S/C23H25BrN2O4/c24-17-11-9-15(10-12-17)20-18(14-27)23(28,19-8-4-5-13-25-19)21(22(20)26(29)30)16-6-2-1-3-7-16/h4-5,8-14,16,18,20-22,28H,1-3,6-7H2/t18-,20-,21+,22+,23+/m1/s1. The number of hydrogen-bond acceptors (Lipinski definition) is 5. The molecule has 0 spiro atoms. The molecule has 0 radical (unpaired) electrons. The maximum atomic E-state index is 12.4. The SMILES string of the molecule is O=C[C@@H]1[C@@H](c2ccc(Br)cc2)[C@H]([N+](=O)[O-])[C@H](C2CCCCC2)[C@@]1(O)c1ccccn1.